The lowest BCUT2D eigenvalue weighted by Gasteiger charge is -2.06. The molecule has 5 nitrogen and oxygen atoms in total. The fourth-order valence-corrected chi connectivity index (χ4v) is 1.67. The lowest BCUT2D eigenvalue weighted by molar-refractivity contribution is -0.123. The number of amides is 1. The molecule has 0 bridgehead atoms. The lowest BCUT2D eigenvalue weighted by atomic mass is 10.2. The van der Waals surface area contributed by atoms with E-state index in [4.69, 9.17) is 4.74 Å². The number of carbonyl (C=O) groups excluding carboxylic acids is 1. The first-order valence-corrected chi connectivity index (χ1v) is 6.58. The highest BCUT2D eigenvalue weighted by atomic mass is 16.5. The number of hydrogen-bond acceptors (Lipinski definition) is 4. The third-order valence-electron chi connectivity index (χ3n) is 2.79. The molecule has 0 saturated heterocycles. The van der Waals surface area contributed by atoms with E-state index in [1.807, 2.05) is 43.3 Å². The van der Waals surface area contributed by atoms with E-state index < -0.39 is 0 Å². The zero-order valence-electron chi connectivity index (χ0n) is 12.0. The Morgan fingerprint density at radius 1 is 1.33 bits per heavy atom. The maximum Gasteiger partial charge on any atom is 0.277 e. The molecule has 5 heteroatoms. The molecule has 2 rings (SSSR count). The Balaban J connectivity index is 1.85. The molecule has 0 saturated carbocycles. The molecule has 0 aliphatic carbocycles. The molecule has 1 amide bonds. The van der Waals surface area contributed by atoms with E-state index in [9.17, 15) is 4.79 Å². The summed E-state index contributed by atoms with van der Waals surface area (Å²) in [6, 6.07) is 11.2. The molecule has 0 atom stereocenters. The molecule has 0 spiro atoms. The number of carbonyl (C=O) groups is 1. The minimum atomic E-state index is -0.306. The third-order valence-corrected chi connectivity index (χ3v) is 2.79. The second kappa shape index (κ2) is 7.19. The van der Waals surface area contributed by atoms with Crippen LogP contribution < -0.4 is 10.2 Å². The second-order valence-corrected chi connectivity index (χ2v) is 4.58. The number of hydrogen-bond donors (Lipinski definition) is 1. The van der Waals surface area contributed by atoms with Gasteiger partial charge in [-0.05, 0) is 37.6 Å². The van der Waals surface area contributed by atoms with Crippen LogP contribution in [0.3, 0.4) is 0 Å². The van der Waals surface area contributed by atoms with Gasteiger partial charge in [0.25, 0.3) is 5.91 Å². The van der Waals surface area contributed by atoms with Crippen LogP contribution in [0.25, 0.3) is 0 Å². The first-order chi connectivity index (χ1) is 10.1. The van der Waals surface area contributed by atoms with Crippen molar-refractivity contribution in [3.05, 3.63) is 59.9 Å². The van der Waals surface area contributed by atoms with E-state index in [1.165, 1.54) is 0 Å². The van der Waals surface area contributed by atoms with Gasteiger partial charge in [-0.1, -0.05) is 18.2 Å². The van der Waals surface area contributed by atoms with Gasteiger partial charge in [0.2, 0.25) is 0 Å². The topological polar surface area (TPSA) is 63.6 Å². The summed E-state index contributed by atoms with van der Waals surface area (Å²) in [6.07, 6.45) is 3.37. The van der Waals surface area contributed by atoms with E-state index >= 15 is 0 Å². The van der Waals surface area contributed by atoms with Gasteiger partial charge >= 0.3 is 0 Å². The maximum absolute atomic E-state index is 11.7. The Morgan fingerprint density at radius 3 is 2.90 bits per heavy atom. The fourth-order valence-electron chi connectivity index (χ4n) is 1.67. The van der Waals surface area contributed by atoms with Crippen molar-refractivity contribution in [1.29, 1.82) is 0 Å². The van der Waals surface area contributed by atoms with E-state index in [0.29, 0.717) is 11.5 Å². The molecule has 1 heterocycles. The van der Waals surface area contributed by atoms with E-state index in [0.717, 1.165) is 11.1 Å². The van der Waals surface area contributed by atoms with Crippen molar-refractivity contribution in [2.75, 3.05) is 6.61 Å². The molecule has 21 heavy (non-hydrogen) atoms. The van der Waals surface area contributed by atoms with Crippen molar-refractivity contribution < 1.29 is 9.53 Å². The van der Waals surface area contributed by atoms with Gasteiger partial charge in [-0.25, -0.2) is 5.43 Å². The summed E-state index contributed by atoms with van der Waals surface area (Å²) >= 11 is 0. The zero-order chi connectivity index (χ0) is 15.1. The summed E-state index contributed by atoms with van der Waals surface area (Å²) in [5.41, 5.74) is 5.09. The largest absolute Gasteiger partial charge is 0.484 e. The molecule has 0 aliphatic rings. The van der Waals surface area contributed by atoms with Crippen LogP contribution in [0.4, 0.5) is 0 Å². The van der Waals surface area contributed by atoms with Crippen LogP contribution in [0.1, 0.15) is 18.1 Å². The summed E-state index contributed by atoms with van der Waals surface area (Å²) in [6.45, 7) is 3.69. The summed E-state index contributed by atoms with van der Waals surface area (Å²) < 4.78 is 5.39. The number of benzene rings is 1. The summed E-state index contributed by atoms with van der Waals surface area (Å²) in [5.74, 6) is 0.359. The Morgan fingerprint density at radius 2 is 2.19 bits per heavy atom. The Kier molecular flexibility index (Phi) is 5.04. The van der Waals surface area contributed by atoms with Crippen molar-refractivity contribution >= 4 is 11.6 Å². The highest BCUT2D eigenvalue weighted by molar-refractivity contribution is 5.98. The van der Waals surface area contributed by atoms with E-state index in [1.54, 1.807) is 19.3 Å². The highest BCUT2D eigenvalue weighted by Crippen LogP contribution is 2.11. The standard InChI is InChI=1S/C16H17N3O2/c1-12-5-3-7-15(9-12)21-11-16(20)19-18-13(2)14-6-4-8-17-10-14/h3-10H,11H2,1-2H3,(H,19,20)/b18-13+. The van der Waals surface area contributed by atoms with Crippen LogP contribution in [0, 0.1) is 6.92 Å². The van der Waals surface area contributed by atoms with Crippen molar-refractivity contribution in [2.24, 2.45) is 5.10 Å². The summed E-state index contributed by atoms with van der Waals surface area (Å²) in [5, 5.41) is 4.02. The molecule has 1 aromatic carbocycles. The number of ether oxygens (including phenoxy) is 1. The second-order valence-electron chi connectivity index (χ2n) is 4.58. The van der Waals surface area contributed by atoms with Crippen LogP contribution in [0.5, 0.6) is 5.75 Å². The predicted octanol–water partition coefficient (Wildman–Crippen LogP) is 2.31. The molecule has 0 aliphatic heterocycles. The van der Waals surface area contributed by atoms with E-state index in [-0.39, 0.29) is 12.5 Å². The number of aromatic nitrogens is 1. The first kappa shape index (κ1) is 14.7. The summed E-state index contributed by atoms with van der Waals surface area (Å²) in [7, 11) is 0. The number of rotatable bonds is 5. The van der Waals surface area contributed by atoms with Crippen LogP contribution >= 0.6 is 0 Å². The Hall–Kier alpha value is -2.69. The average molecular weight is 283 g/mol. The molecule has 0 radical (unpaired) electrons. The number of aryl methyl sites for hydroxylation is 1. The minimum Gasteiger partial charge on any atom is -0.484 e. The number of pyridine rings is 1. The van der Waals surface area contributed by atoms with Crippen molar-refractivity contribution in [1.82, 2.24) is 10.4 Å². The fraction of sp³-hybridized carbons (Fsp3) is 0.188. The molecular formula is C16H17N3O2. The Labute approximate surface area is 123 Å². The number of nitrogens with one attached hydrogen (secondary N) is 1. The third kappa shape index (κ3) is 4.72. The lowest BCUT2D eigenvalue weighted by Crippen LogP contribution is -2.25. The molecule has 1 N–H and O–H groups in total. The highest BCUT2D eigenvalue weighted by Gasteiger charge is 2.03. The zero-order valence-corrected chi connectivity index (χ0v) is 12.0. The van der Waals surface area contributed by atoms with Crippen LogP contribution in [-0.2, 0) is 4.79 Å². The van der Waals surface area contributed by atoms with Crippen LogP contribution in [0.15, 0.2) is 53.9 Å². The molecule has 108 valence electrons. The van der Waals surface area contributed by atoms with Gasteiger partial charge in [0.15, 0.2) is 6.61 Å². The van der Waals surface area contributed by atoms with Crippen molar-refractivity contribution in [3.8, 4) is 5.75 Å². The SMILES string of the molecule is C/C(=N\NC(=O)COc1cccc(C)c1)c1cccnc1. The van der Waals surface area contributed by atoms with Crippen molar-refractivity contribution in [2.45, 2.75) is 13.8 Å². The van der Waals surface area contributed by atoms with Gasteiger partial charge in [0.1, 0.15) is 5.75 Å². The first-order valence-electron chi connectivity index (χ1n) is 6.58. The molecular weight excluding hydrogens is 266 g/mol. The van der Waals surface area contributed by atoms with Crippen molar-refractivity contribution in [3.63, 3.8) is 0 Å². The van der Waals surface area contributed by atoms with E-state index in [2.05, 4.69) is 15.5 Å². The smallest absolute Gasteiger partial charge is 0.277 e. The van der Waals surface area contributed by atoms with Gasteiger partial charge in [-0.15, -0.1) is 0 Å². The molecule has 0 fully saturated rings. The van der Waals surface area contributed by atoms with Gasteiger partial charge in [0, 0.05) is 18.0 Å². The number of hydrazone groups is 1. The van der Waals surface area contributed by atoms with Crippen LogP contribution in [0.2, 0.25) is 0 Å². The van der Waals surface area contributed by atoms with Gasteiger partial charge in [-0.2, -0.15) is 5.10 Å². The van der Waals surface area contributed by atoms with Gasteiger partial charge in [-0.3, -0.25) is 9.78 Å². The monoisotopic (exact) mass is 283 g/mol. The predicted molar refractivity (Wildman–Crippen MR) is 81.3 cm³/mol. The molecule has 1 aromatic heterocycles. The average Bonchev–Trinajstić information content (AvgIpc) is 2.51. The maximum atomic E-state index is 11.7. The Bertz CT molecular complexity index is 639. The molecule has 0 unspecified atom stereocenters. The molecule has 2 aromatic rings. The minimum absolute atomic E-state index is 0.0761. The normalized spacial score (nSPS) is 11.0. The van der Waals surface area contributed by atoms with Gasteiger partial charge in [0.05, 0.1) is 5.71 Å². The van der Waals surface area contributed by atoms with Crippen LogP contribution in [-0.4, -0.2) is 23.2 Å². The summed E-state index contributed by atoms with van der Waals surface area (Å²) in [4.78, 5) is 15.7. The number of nitrogens with zero attached hydrogens (tertiary/aromatic N) is 2. The van der Waals surface area contributed by atoms with Gasteiger partial charge < -0.3 is 4.74 Å². The quantitative estimate of drug-likeness (QED) is 0.676.